The van der Waals surface area contributed by atoms with E-state index in [1.807, 2.05) is 74.6 Å². The summed E-state index contributed by atoms with van der Waals surface area (Å²) in [4.78, 5) is 28.5. The van der Waals surface area contributed by atoms with E-state index in [4.69, 9.17) is 14.5 Å². The molecule has 2 aromatic heterocycles. The third kappa shape index (κ3) is 8.19. The normalized spacial score (nSPS) is 10.7. The largest absolute Gasteiger partial charge is 0.493 e. The number of likely N-dealkylation sites (N-methyl/N-ethyl adjacent to an activating group) is 1. The van der Waals surface area contributed by atoms with E-state index in [1.54, 1.807) is 32.2 Å². The zero-order chi connectivity index (χ0) is 28.3. The molecule has 0 saturated heterocycles. The van der Waals surface area contributed by atoms with Crippen molar-refractivity contribution >= 4 is 23.5 Å². The number of aryl methyl sites for hydroxylation is 1. The van der Waals surface area contributed by atoms with Gasteiger partial charge in [0.1, 0.15) is 5.82 Å². The van der Waals surface area contributed by atoms with Gasteiger partial charge in [-0.3, -0.25) is 9.78 Å². The van der Waals surface area contributed by atoms with E-state index >= 15 is 0 Å². The van der Waals surface area contributed by atoms with Gasteiger partial charge in [0.25, 0.3) is 5.91 Å². The number of rotatable bonds is 13. The number of pyridine rings is 1. The van der Waals surface area contributed by atoms with Gasteiger partial charge in [-0.1, -0.05) is 36.0 Å². The van der Waals surface area contributed by atoms with Crippen molar-refractivity contribution in [3.05, 3.63) is 101 Å². The van der Waals surface area contributed by atoms with Gasteiger partial charge in [0.15, 0.2) is 16.7 Å². The van der Waals surface area contributed by atoms with Crippen LogP contribution < -0.4 is 19.7 Å². The third-order valence-corrected chi connectivity index (χ3v) is 7.26. The van der Waals surface area contributed by atoms with Crippen molar-refractivity contribution in [3.8, 4) is 11.5 Å². The van der Waals surface area contributed by atoms with Gasteiger partial charge in [0, 0.05) is 61.5 Å². The van der Waals surface area contributed by atoms with Crippen LogP contribution in [0.1, 0.15) is 32.9 Å². The van der Waals surface area contributed by atoms with E-state index < -0.39 is 0 Å². The summed E-state index contributed by atoms with van der Waals surface area (Å²) in [5.41, 5.74) is 4.70. The van der Waals surface area contributed by atoms with Gasteiger partial charge in [-0.05, 0) is 60.9 Å². The molecule has 0 spiro atoms. The summed E-state index contributed by atoms with van der Waals surface area (Å²) in [6.07, 6.45) is 3.29. The lowest BCUT2D eigenvalue weighted by molar-refractivity contribution is 0.0954. The molecule has 0 radical (unpaired) electrons. The maximum absolute atomic E-state index is 12.7. The van der Waals surface area contributed by atoms with Crippen LogP contribution in [0.15, 0.2) is 78.1 Å². The van der Waals surface area contributed by atoms with Crippen LogP contribution >= 0.6 is 11.8 Å². The quantitative estimate of drug-likeness (QED) is 0.179. The number of methoxy groups -OCH3 is 2. The highest BCUT2D eigenvalue weighted by Gasteiger charge is 2.11. The van der Waals surface area contributed by atoms with Gasteiger partial charge in [0.05, 0.1) is 14.2 Å². The van der Waals surface area contributed by atoms with Crippen LogP contribution in [0.2, 0.25) is 0 Å². The highest BCUT2D eigenvalue weighted by atomic mass is 32.2. The number of anilines is 1. The van der Waals surface area contributed by atoms with E-state index in [1.165, 1.54) is 0 Å². The van der Waals surface area contributed by atoms with Crippen LogP contribution in [0.5, 0.6) is 11.5 Å². The first-order chi connectivity index (χ1) is 19.4. The fourth-order valence-corrected chi connectivity index (χ4v) is 4.98. The number of thioether (sulfide) groups is 1. The summed E-state index contributed by atoms with van der Waals surface area (Å²) in [6.45, 7) is 3.30. The maximum Gasteiger partial charge on any atom is 0.251 e. The van der Waals surface area contributed by atoms with Crippen molar-refractivity contribution in [3.63, 3.8) is 0 Å². The summed E-state index contributed by atoms with van der Waals surface area (Å²) in [6, 6.07) is 21.5. The number of carbonyl (C=O) groups is 1. The first kappa shape index (κ1) is 28.9. The van der Waals surface area contributed by atoms with Crippen LogP contribution in [0.3, 0.4) is 0 Å². The maximum atomic E-state index is 12.7. The molecular weight excluding hydrogens is 522 g/mol. The standard InChI is InChI=1S/C31H35N5O3S/c1-22-18-29(36(2)17-14-23-11-12-27(38-3)28(20-23)39-4)35-31(34-22)40-21-24-8-7-9-25(19-24)30(37)33-16-13-26-10-5-6-15-32-26/h5-12,15,18-20H,13-14,16-17,21H2,1-4H3,(H,33,37). The van der Waals surface area contributed by atoms with Gasteiger partial charge in [0.2, 0.25) is 0 Å². The Morgan fingerprint density at radius 1 is 0.925 bits per heavy atom. The second kappa shape index (κ2) is 14.3. The summed E-state index contributed by atoms with van der Waals surface area (Å²) in [5.74, 6) is 2.89. The summed E-state index contributed by atoms with van der Waals surface area (Å²) in [7, 11) is 5.32. The molecule has 2 aromatic carbocycles. The van der Waals surface area contributed by atoms with Gasteiger partial charge >= 0.3 is 0 Å². The number of carbonyl (C=O) groups excluding carboxylic acids is 1. The second-order valence-corrected chi connectivity index (χ2v) is 10.3. The molecule has 0 unspecified atom stereocenters. The van der Waals surface area contributed by atoms with E-state index in [0.29, 0.717) is 29.4 Å². The molecule has 40 heavy (non-hydrogen) atoms. The molecule has 1 N–H and O–H groups in total. The van der Waals surface area contributed by atoms with Gasteiger partial charge in [-0.25, -0.2) is 9.97 Å². The minimum Gasteiger partial charge on any atom is -0.493 e. The predicted molar refractivity (Wildman–Crippen MR) is 160 cm³/mol. The highest BCUT2D eigenvalue weighted by Crippen LogP contribution is 2.28. The second-order valence-electron chi connectivity index (χ2n) is 9.33. The third-order valence-electron chi connectivity index (χ3n) is 6.35. The molecule has 0 aliphatic heterocycles. The fraction of sp³-hybridized carbons (Fsp3) is 0.290. The minimum atomic E-state index is -0.0898. The van der Waals surface area contributed by atoms with E-state index in [9.17, 15) is 4.79 Å². The Kier molecular flexibility index (Phi) is 10.3. The van der Waals surface area contributed by atoms with Crippen molar-refractivity contribution in [1.29, 1.82) is 0 Å². The Hall–Kier alpha value is -4.11. The van der Waals surface area contributed by atoms with Gasteiger partial charge in [-0.15, -0.1) is 0 Å². The highest BCUT2D eigenvalue weighted by molar-refractivity contribution is 7.98. The molecule has 8 nitrogen and oxygen atoms in total. The number of aromatic nitrogens is 3. The molecule has 208 valence electrons. The van der Waals surface area contributed by atoms with Crippen LogP contribution in [-0.4, -0.2) is 55.2 Å². The van der Waals surface area contributed by atoms with E-state index in [-0.39, 0.29) is 5.91 Å². The number of hydrogen-bond acceptors (Lipinski definition) is 8. The monoisotopic (exact) mass is 557 g/mol. The topological polar surface area (TPSA) is 89.5 Å². The molecule has 0 saturated carbocycles. The number of benzene rings is 2. The first-order valence-electron chi connectivity index (χ1n) is 13.1. The molecule has 1 amide bonds. The molecule has 9 heteroatoms. The molecular formula is C31H35N5O3S. The fourth-order valence-electron chi connectivity index (χ4n) is 4.14. The van der Waals surface area contributed by atoms with E-state index in [0.717, 1.165) is 52.8 Å². The number of ether oxygens (including phenoxy) is 2. The molecule has 0 bridgehead atoms. The summed E-state index contributed by atoms with van der Waals surface area (Å²) in [5, 5.41) is 3.69. The average molecular weight is 558 g/mol. The SMILES string of the molecule is COc1ccc(CCN(C)c2cc(C)nc(SCc3cccc(C(=O)NCCc4ccccn4)c3)n2)cc1OC. The molecule has 0 aliphatic rings. The minimum absolute atomic E-state index is 0.0898. The molecule has 0 atom stereocenters. The van der Waals surface area contributed by atoms with Gasteiger partial charge in [-0.2, -0.15) is 0 Å². The number of nitrogens with zero attached hydrogens (tertiary/aromatic N) is 4. The summed E-state index contributed by atoms with van der Waals surface area (Å²) < 4.78 is 10.8. The van der Waals surface area contributed by atoms with Crippen LogP contribution in [0.25, 0.3) is 0 Å². The number of amides is 1. The molecule has 0 fully saturated rings. The number of nitrogens with one attached hydrogen (secondary N) is 1. The molecule has 2 heterocycles. The van der Waals surface area contributed by atoms with Crippen molar-refractivity contribution in [2.75, 3.05) is 39.3 Å². The first-order valence-corrected chi connectivity index (χ1v) is 14.1. The Morgan fingerprint density at radius 3 is 2.55 bits per heavy atom. The van der Waals surface area contributed by atoms with E-state index in [2.05, 4.69) is 26.3 Å². The van der Waals surface area contributed by atoms with Crippen LogP contribution in [0.4, 0.5) is 5.82 Å². The molecule has 0 aliphatic carbocycles. The zero-order valence-electron chi connectivity index (χ0n) is 23.4. The smallest absolute Gasteiger partial charge is 0.251 e. The van der Waals surface area contributed by atoms with Crippen LogP contribution in [0, 0.1) is 6.92 Å². The average Bonchev–Trinajstić information content (AvgIpc) is 2.99. The molecule has 4 aromatic rings. The number of hydrogen-bond donors (Lipinski definition) is 1. The Balaban J connectivity index is 1.32. The van der Waals surface area contributed by atoms with Crippen molar-refractivity contribution < 1.29 is 14.3 Å². The molecule has 4 rings (SSSR count). The Bertz CT molecular complexity index is 1420. The van der Waals surface area contributed by atoms with Gasteiger partial charge < -0.3 is 19.7 Å². The summed E-state index contributed by atoms with van der Waals surface area (Å²) >= 11 is 1.56. The Labute approximate surface area is 240 Å². The zero-order valence-corrected chi connectivity index (χ0v) is 24.2. The van der Waals surface area contributed by atoms with Crippen molar-refractivity contribution in [1.82, 2.24) is 20.3 Å². The van der Waals surface area contributed by atoms with Crippen molar-refractivity contribution in [2.24, 2.45) is 0 Å². The Morgan fingerprint density at radius 2 is 1.77 bits per heavy atom. The van der Waals surface area contributed by atoms with Crippen molar-refractivity contribution in [2.45, 2.75) is 30.7 Å². The predicted octanol–water partition coefficient (Wildman–Crippen LogP) is 5.14. The van der Waals surface area contributed by atoms with Crippen LogP contribution in [-0.2, 0) is 18.6 Å². The lowest BCUT2D eigenvalue weighted by atomic mass is 10.1. The lowest BCUT2D eigenvalue weighted by Gasteiger charge is -2.19. The lowest BCUT2D eigenvalue weighted by Crippen LogP contribution is -2.25.